The summed E-state index contributed by atoms with van der Waals surface area (Å²) in [6.07, 6.45) is -5.30. The molecule has 28 heavy (non-hydrogen) atoms. The molecule has 0 bridgehead atoms. The normalized spacial score (nSPS) is 13.4. The Morgan fingerprint density at radius 3 is 2.14 bits per heavy atom. The van der Waals surface area contributed by atoms with Gasteiger partial charge in [-0.3, -0.25) is 4.79 Å². The van der Waals surface area contributed by atoms with E-state index in [1.54, 1.807) is 0 Å². The molecule has 3 nitrogen and oxygen atoms in total. The van der Waals surface area contributed by atoms with E-state index in [4.69, 9.17) is 0 Å². The highest BCUT2D eigenvalue weighted by Gasteiger charge is 2.39. The van der Waals surface area contributed by atoms with Crippen molar-refractivity contribution in [3.8, 4) is 0 Å². The average Bonchev–Trinajstić information content (AvgIpc) is 2.57. The number of benzene rings is 2. The number of hydrogen-bond acceptors (Lipinski definition) is 3. The molecular formula is C18H14F6O3S. The molecule has 0 unspecified atom stereocenters. The molecule has 0 fully saturated rings. The summed E-state index contributed by atoms with van der Waals surface area (Å²) in [7, 11) is -4.45. The van der Waals surface area contributed by atoms with Crippen LogP contribution in [0.15, 0.2) is 41.3 Å². The van der Waals surface area contributed by atoms with Crippen LogP contribution in [-0.4, -0.2) is 26.1 Å². The molecule has 2 aromatic carbocycles. The Hall–Kier alpha value is -2.36. The summed E-state index contributed by atoms with van der Waals surface area (Å²) in [6.45, 7) is 0.691. The molecule has 0 aliphatic carbocycles. The van der Waals surface area contributed by atoms with Gasteiger partial charge in [-0.2, -0.15) is 13.2 Å². The molecule has 0 N–H and O–H groups in total. The highest BCUT2D eigenvalue weighted by atomic mass is 32.2. The second kappa shape index (κ2) is 7.94. The van der Waals surface area contributed by atoms with Gasteiger partial charge in [0.2, 0.25) is 0 Å². The van der Waals surface area contributed by atoms with Gasteiger partial charge in [0.25, 0.3) is 0 Å². The topological polar surface area (TPSA) is 51.2 Å². The molecule has 0 aliphatic rings. The zero-order valence-electron chi connectivity index (χ0n) is 14.4. The van der Waals surface area contributed by atoms with E-state index in [1.807, 2.05) is 0 Å². The summed E-state index contributed by atoms with van der Waals surface area (Å²) in [5.41, 5.74) is -0.660. The largest absolute Gasteiger partial charge is 0.392 e. The SMILES string of the molecule is C[C@@H](CS(=O)(=O)c1ccc(F)c(C(=O)Cc2ccc(F)c(F)c2)c1)C(F)(F)F. The average molecular weight is 424 g/mol. The third-order valence-corrected chi connectivity index (χ3v) is 5.89. The molecule has 2 aromatic rings. The van der Waals surface area contributed by atoms with E-state index in [0.29, 0.717) is 19.1 Å². The van der Waals surface area contributed by atoms with Crippen molar-refractivity contribution in [2.45, 2.75) is 24.4 Å². The van der Waals surface area contributed by atoms with E-state index >= 15 is 0 Å². The third-order valence-electron chi connectivity index (χ3n) is 3.97. The van der Waals surface area contributed by atoms with Crippen LogP contribution < -0.4 is 0 Å². The molecule has 0 amide bonds. The Bertz CT molecular complexity index is 999. The van der Waals surface area contributed by atoms with Crippen LogP contribution in [0.1, 0.15) is 22.8 Å². The maximum Gasteiger partial charge on any atom is 0.392 e. The number of alkyl halides is 3. The monoisotopic (exact) mass is 424 g/mol. The van der Waals surface area contributed by atoms with Gasteiger partial charge < -0.3 is 0 Å². The van der Waals surface area contributed by atoms with Gasteiger partial charge in [-0.1, -0.05) is 13.0 Å². The fourth-order valence-corrected chi connectivity index (χ4v) is 3.97. The van der Waals surface area contributed by atoms with Gasteiger partial charge in [0.1, 0.15) is 5.82 Å². The molecule has 152 valence electrons. The van der Waals surface area contributed by atoms with Crippen molar-refractivity contribution in [3.05, 3.63) is 65.0 Å². The van der Waals surface area contributed by atoms with Crippen molar-refractivity contribution in [1.29, 1.82) is 0 Å². The van der Waals surface area contributed by atoms with Crippen molar-refractivity contribution < 1.29 is 39.6 Å². The highest BCUT2D eigenvalue weighted by Crippen LogP contribution is 2.29. The van der Waals surface area contributed by atoms with Crippen LogP contribution in [0.2, 0.25) is 0 Å². The Labute approximate surface area is 156 Å². The lowest BCUT2D eigenvalue weighted by Gasteiger charge is -2.16. The highest BCUT2D eigenvalue weighted by molar-refractivity contribution is 7.91. The van der Waals surface area contributed by atoms with Gasteiger partial charge in [-0.15, -0.1) is 0 Å². The lowest BCUT2D eigenvalue weighted by atomic mass is 10.0. The number of sulfone groups is 1. The second-order valence-electron chi connectivity index (χ2n) is 6.21. The molecule has 0 aromatic heterocycles. The predicted octanol–water partition coefficient (Wildman–Crippen LogP) is 4.50. The molecule has 10 heteroatoms. The summed E-state index contributed by atoms with van der Waals surface area (Å²) in [4.78, 5) is 11.6. The summed E-state index contributed by atoms with van der Waals surface area (Å²) in [5.74, 6) is -7.82. The molecule has 0 heterocycles. The molecule has 0 aliphatic heterocycles. The fourth-order valence-electron chi connectivity index (χ4n) is 2.36. The minimum Gasteiger partial charge on any atom is -0.294 e. The van der Waals surface area contributed by atoms with Crippen LogP contribution in [0, 0.1) is 23.4 Å². The number of halogens is 6. The number of ketones is 1. The van der Waals surface area contributed by atoms with Crippen LogP contribution in [0.5, 0.6) is 0 Å². The smallest absolute Gasteiger partial charge is 0.294 e. The zero-order valence-corrected chi connectivity index (χ0v) is 15.2. The fraction of sp³-hybridized carbons (Fsp3) is 0.278. The first-order chi connectivity index (χ1) is 12.8. The van der Waals surface area contributed by atoms with Crippen LogP contribution >= 0.6 is 0 Å². The maximum atomic E-state index is 14.0. The van der Waals surface area contributed by atoms with Gasteiger partial charge in [0.05, 0.1) is 22.1 Å². The van der Waals surface area contributed by atoms with Crippen LogP contribution in [-0.2, 0) is 16.3 Å². The number of rotatable bonds is 6. The first-order valence-electron chi connectivity index (χ1n) is 7.87. The zero-order chi connectivity index (χ0) is 21.3. The van der Waals surface area contributed by atoms with Crippen molar-refractivity contribution in [1.82, 2.24) is 0 Å². The van der Waals surface area contributed by atoms with Gasteiger partial charge in [-0.25, -0.2) is 21.6 Å². The summed E-state index contributed by atoms with van der Waals surface area (Å²) in [5, 5.41) is 0. The molecular weight excluding hydrogens is 410 g/mol. The molecule has 0 saturated carbocycles. The van der Waals surface area contributed by atoms with Crippen molar-refractivity contribution in [2.75, 3.05) is 5.75 Å². The van der Waals surface area contributed by atoms with Crippen LogP contribution in [0.4, 0.5) is 26.3 Å². The number of Topliss-reactive ketones (excluding diaryl/α,β-unsaturated/α-hetero) is 1. The van der Waals surface area contributed by atoms with Crippen LogP contribution in [0.3, 0.4) is 0 Å². The standard InChI is InChI=1S/C18H14F6O3S/c1-10(18(22,23)24)9-28(26,27)12-3-5-14(19)13(8-12)17(25)7-11-2-4-15(20)16(21)6-11/h2-6,8,10H,7,9H2,1H3/t10-/m0/s1. The van der Waals surface area contributed by atoms with Gasteiger partial charge in [-0.05, 0) is 35.9 Å². The minimum absolute atomic E-state index is 0.0160. The van der Waals surface area contributed by atoms with E-state index in [0.717, 1.165) is 24.3 Å². The Morgan fingerprint density at radius 2 is 1.57 bits per heavy atom. The molecule has 0 spiro atoms. The van der Waals surface area contributed by atoms with Gasteiger partial charge in [0.15, 0.2) is 27.3 Å². The first kappa shape index (κ1) is 21.9. The van der Waals surface area contributed by atoms with Crippen LogP contribution in [0.25, 0.3) is 0 Å². The number of hydrogen-bond donors (Lipinski definition) is 0. The third kappa shape index (κ3) is 5.12. The quantitative estimate of drug-likeness (QED) is 0.390. The Morgan fingerprint density at radius 1 is 0.964 bits per heavy atom. The number of carbonyl (C=O) groups is 1. The lowest BCUT2D eigenvalue weighted by molar-refractivity contribution is -0.163. The number of carbonyl (C=O) groups excluding carboxylic acids is 1. The lowest BCUT2D eigenvalue weighted by Crippen LogP contribution is -2.27. The summed E-state index contributed by atoms with van der Waals surface area (Å²) < 4.78 is 102. The Kier molecular flexibility index (Phi) is 6.22. The molecule has 1 atom stereocenters. The van der Waals surface area contributed by atoms with Gasteiger partial charge in [0, 0.05) is 6.42 Å². The molecule has 2 rings (SSSR count). The molecule has 0 radical (unpaired) electrons. The van der Waals surface area contributed by atoms with Gasteiger partial charge >= 0.3 is 6.18 Å². The van der Waals surface area contributed by atoms with E-state index in [-0.39, 0.29) is 5.56 Å². The van der Waals surface area contributed by atoms with Crippen molar-refractivity contribution in [3.63, 3.8) is 0 Å². The van der Waals surface area contributed by atoms with Crippen molar-refractivity contribution >= 4 is 15.6 Å². The van der Waals surface area contributed by atoms with E-state index < -0.39 is 67.8 Å². The van der Waals surface area contributed by atoms with E-state index in [1.165, 1.54) is 0 Å². The summed E-state index contributed by atoms with van der Waals surface area (Å²) >= 11 is 0. The first-order valence-corrected chi connectivity index (χ1v) is 9.52. The van der Waals surface area contributed by atoms with E-state index in [2.05, 4.69) is 0 Å². The summed E-state index contributed by atoms with van der Waals surface area (Å²) in [6, 6.07) is 4.67. The predicted molar refractivity (Wildman–Crippen MR) is 88.1 cm³/mol. The minimum atomic E-state index is -4.74. The second-order valence-corrected chi connectivity index (χ2v) is 8.25. The van der Waals surface area contributed by atoms with E-state index in [9.17, 15) is 39.6 Å². The maximum absolute atomic E-state index is 14.0. The molecule has 0 saturated heterocycles. The van der Waals surface area contributed by atoms with Crippen molar-refractivity contribution in [2.24, 2.45) is 5.92 Å². The Balaban J connectivity index is 2.31.